The van der Waals surface area contributed by atoms with E-state index >= 15 is 0 Å². The summed E-state index contributed by atoms with van der Waals surface area (Å²) in [6, 6.07) is 6.07. The third-order valence-electron chi connectivity index (χ3n) is 5.66. The molecule has 0 saturated carbocycles. The van der Waals surface area contributed by atoms with Crippen LogP contribution in [0.3, 0.4) is 0 Å². The van der Waals surface area contributed by atoms with Crippen molar-refractivity contribution in [3.8, 4) is 5.75 Å². The highest BCUT2D eigenvalue weighted by atomic mass is 32.1. The molecule has 0 spiro atoms. The number of hydrogen-bond donors (Lipinski definition) is 0. The van der Waals surface area contributed by atoms with Crippen molar-refractivity contribution >= 4 is 32.6 Å². The van der Waals surface area contributed by atoms with Crippen molar-refractivity contribution in [2.24, 2.45) is 11.8 Å². The fraction of sp³-hybridized carbons (Fsp3) is 0.600. The first-order valence-electron chi connectivity index (χ1n) is 9.67. The molecule has 3 heterocycles. The van der Waals surface area contributed by atoms with Gasteiger partial charge in [-0.05, 0) is 37.3 Å². The second-order valence-corrected chi connectivity index (χ2v) is 8.52. The van der Waals surface area contributed by atoms with Gasteiger partial charge in [0, 0.05) is 33.3 Å². The number of ether oxygens (including phenoxy) is 2. The summed E-state index contributed by atoms with van der Waals surface area (Å²) in [5, 5.41) is 1.07. The second kappa shape index (κ2) is 8.02. The summed E-state index contributed by atoms with van der Waals surface area (Å²) in [6.07, 6.45) is 3.04. The summed E-state index contributed by atoms with van der Waals surface area (Å²) in [5.41, 5.74) is 0.950. The number of piperidine rings is 1. The van der Waals surface area contributed by atoms with E-state index in [0.29, 0.717) is 12.5 Å². The highest BCUT2D eigenvalue weighted by Gasteiger charge is 2.29. The smallest absolute Gasteiger partial charge is 0.227 e. The highest BCUT2D eigenvalue weighted by Crippen LogP contribution is 2.35. The van der Waals surface area contributed by atoms with Crippen molar-refractivity contribution in [1.29, 1.82) is 0 Å². The molecule has 1 aromatic carbocycles. The van der Waals surface area contributed by atoms with E-state index in [1.54, 1.807) is 18.4 Å². The minimum absolute atomic E-state index is 0.0628. The van der Waals surface area contributed by atoms with Gasteiger partial charge in [-0.2, -0.15) is 0 Å². The van der Waals surface area contributed by atoms with Crippen molar-refractivity contribution < 1.29 is 14.3 Å². The third-order valence-corrected chi connectivity index (χ3v) is 6.74. The van der Waals surface area contributed by atoms with Crippen LogP contribution < -0.4 is 9.64 Å². The fourth-order valence-corrected chi connectivity index (χ4v) is 5.07. The molecule has 2 saturated heterocycles. The number of carbonyl (C=O) groups is 1. The molecule has 2 aromatic rings. The molecule has 1 aromatic heterocycles. The molecule has 0 N–H and O–H groups in total. The topological polar surface area (TPSA) is 54.9 Å². The van der Waals surface area contributed by atoms with Crippen LogP contribution in [-0.4, -0.2) is 62.8 Å². The van der Waals surface area contributed by atoms with Gasteiger partial charge in [-0.3, -0.25) is 4.79 Å². The van der Waals surface area contributed by atoms with Gasteiger partial charge in [-0.25, -0.2) is 4.98 Å². The zero-order valence-electron chi connectivity index (χ0n) is 16.0. The molecule has 2 aliphatic heterocycles. The van der Waals surface area contributed by atoms with Gasteiger partial charge >= 0.3 is 0 Å². The van der Waals surface area contributed by atoms with Crippen LogP contribution in [0.25, 0.3) is 10.2 Å². The predicted octanol–water partition coefficient (Wildman–Crippen LogP) is 3.02. The number of nitrogens with zero attached hydrogens (tertiary/aromatic N) is 3. The number of anilines is 1. The largest absolute Gasteiger partial charge is 0.494 e. The van der Waals surface area contributed by atoms with Crippen LogP contribution in [0.5, 0.6) is 5.75 Å². The maximum absolute atomic E-state index is 12.5. The Labute approximate surface area is 164 Å². The van der Waals surface area contributed by atoms with Gasteiger partial charge < -0.3 is 19.3 Å². The molecule has 0 aliphatic carbocycles. The molecule has 4 rings (SSSR count). The van der Waals surface area contributed by atoms with Gasteiger partial charge in [0.1, 0.15) is 11.3 Å². The Bertz CT molecular complexity index is 795. The fourth-order valence-electron chi connectivity index (χ4n) is 4.04. The quantitative estimate of drug-likeness (QED) is 0.787. The van der Waals surface area contributed by atoms with Crippen molar-refractivity contribution in [3.05, 3.63) is 18.2 Å². The van der Waals surface area contributed by atoms with Crippen LogP contribution in [-0.2, 0) is 9.53 Å². The average molecular weight is 390 g/mol. The molecule has 1 atom stereocenters. The number of para-hydroxylation sites is 1. The van der Waals surface area contributed by atoms with Gasteiger partial charge in [-0.1, -0.05) is 17.4 Å². The molecule has 146 valence electrons. The van der Waals surface area contributed by atoms with E-state index in [2.05, 4.69) is 11.0 Å². The lowest BCUT2D eigenvalue weighted by molar-refractivity contribution is -0.134. The minimum atomic E-state index is 0.0628. The lowest BCUT2D eigenvalue weighted by Crippen LogP contribution is -2.41. The van der Waals surface area contributed by atoms with Gasteiger partial charge in [0.05, 0.1) is 24.3 Å². The number of methoxy groups -OCH3 is 1. The summed E-state index contributed by atoms with van der Waals surface area (Å²) >= 11 is 1.73. The zero-order chi connectivity index (χ0) is 18.8. The first-order chi connectivity index (χ1) is 13.2. The van der Waals surface area contributed by atoms with Crippen molar-refractivity contribution in [1.82, 2.24) is 9.88 Å². The van der Waals surface area contributed by atoms with Gasteiger partial charge in [-0.15, -0.1) is 0 Å². The Morgan fingerprint density at radius 3 is 2.89 bits per heavy atom. The molecule has 1 amide bonds. The Morgan fingerprint density at radius 1 is 1.37 bits per heavy atom. The first kappa shape index (κ1) is 18.5. The Balaban J connectivity index is 1.34. The van der Waals surface area contributed by atoms with E-state index in [4.69, 9.17) is 14.5 Å². The van der Waals surface area contributed by atoms with Crippen LogP contribution in [0.4, 0.5) is 5.13 Å². The average Bonchev–Trinajstić information content (AvgIpc) is 3.37. The lowest BCUT2D eigenvalue weighted by atomic mass is 9.96. The summed E-state index contributed by atoms with van der Waals surface area (Å²) in [6.45, 7) is 4.12. The number of amides is 1. The SMILES string of the molecule is COc1cccc2sc(N3CCC(CN(C)C(=O)C4CCOC4)CC3)nc12. The maximum Gasteiger partial charge on any atom is 0.227 e. The van der Waals surface area contributed by atoms with E-state index in [-0.39, 0.29) is 11.8 Å². The summed E-state index contributed by atoms with van der Waals surface area (Å²) in [7, 11) is 3.63. The summed E-state index contributed by atoms with van der Waals surface area (Å²) in [5.74, 6) is 1.70. The van der Waals surface area contributed by atoms with Crippen molar-refractivity contribution in [2.75, 3.05) is 51.9 Å². The third kappa shape index (κ3) is 3.89. The second-order valence-electron chi connectivity index (χ2n) is 7.51. The normalized spacial score (nSPS) is 21.0. The number of aromatic nitrogens is 1. The Hall–Kier alpha value is -1.86. The van der Waals surface area contributed by atoms with E-state index < -0.39 is 0 Å². The van der Waals surface area contributed by atoms with Gasteiger partial charge in [0.15, 0.2) is 5.13 Å². The number of benzene rings is 1. The van der Waals surface area contributed by atoms with Crippen molar-refractivity contribution in [2.45, 2.75) is 19.3 Å². The van der Waals surface area contributed by atoms with Crippen LogP contribution >= 0.6 is 11.3 Å². The number of rotatable bonds is 5. The van der Waals surface area contributed by atoms with E-state index in [0.717, 1.165) is 66.6 Å². The Morgan fingerprint density at radius 2 is 2.19 bits per heavy atom. The van der Waals surface area contributed by atoms with Crippen LogP contribution in [0.1, 0.15) is 19.3 Å². The molecule has 6 nitrogen and oxygen atoms in total. The number of fused-ring (bicyclic) bond motifs is 1. The molecule has 0 radical (unpaired) electrons. The van der Waals surface area contributed by atoms with Crippen LogP contribution in [0.2, 0.25) is 0 Å². The molecular formula is C20H27N3O3S. The maximum atomic E-state index is 12.5. The van der Waals surface area contributed by atoms with Crippen LogP contribution in [0, 0.1) is 11.8 Å². The monoisotopic (exact) mass is 389 g/mol. The standard InChI is InChI=1S/C20H27N3O3S/c1-22(19(24)15-8-11-26-13-15)12-14-6-9-23(10-7-14)20-21-18-16(25-2)4-3-5-17(18)27-20/h3-5,14-15H,6-13H2,1-2H3. The number of hydrogen-bond acceptors (Lipinski definition) is 6. The van der Waals surface area contributed by atoms with E-state index in [1.807, 2.05) is 24.1 Å². The molecular weight excluding hydrogens is 362 g/mol. The zero-order valence-corrected chi connectivity index (χ0v) is 16.8. The predicted molar refractivity (Wildman–Crippen MR) is 108 cm³/mol. The molecule has 1 unspecified atom stereocenters. The van der Waals surface area contributed by atoms with Crippen molar-refractivity contribution in [3.63, 3.8) is 0 Å². The van der Waals surface area contributed by atoms with Crippen LogP contribution in [0.15, 0.2) is 18.2 Å². The molecule has 2 aliphatic rings. The molecule has 27 heavy (non-hydrogen) atoms. The van der Waals surface area contributed by atoms with Gasteiger partial charge in [0.25, 0.3) is 0 Å². The number of thiazole rings is 1. The minimum Gasteiger partial charge on any atom is -0.494 e. The summed E-state index contributed by atoms with van der Waals surface area (Å²) in [4.78, 5) is 21.6. The molecule has 7 heteroatoms. The Kier molecular flexibility index (Phi) is 5.50. The lowest BCUT2D eigenvalue weighted by Gasteiger charge is -2.34. The highest BCUT2D eigenvalue weighted by molar-refractivity contribution is 7.22. The summed E-state index contributed by atoms with van der Waals surface area (Å²) < 4.78 is 11.9. The molecule has 2 fully saturated rings. The van der Waals surface area contributed by atoms with E-state index in [9.17, 15) is 4.79 Å². The number of carbonyl (C=O) groups excluding carboxylic acids is 1. The first-order valence-corrected chi connectivity index (χ1v) is 10.5. The van der Waals surface area contributed by atoms with E-state index in [1.165, 1.54) is 0 Å². The van der Waals surface area contributed by atoms with Gasteiger partial charge in [0.2, 0.25) is 5.91 Å². The molecule has 0 bridgehead atoms.